The standard InChI is InChI=1S/C16H24N4O4/c1-10-6-11(20-24-5)9-18-14(10)15(17)19-12(21)7-16(2,3)8-13(22)23-4/h6,9,20H,7-8H2,1-5H3,(H2,17,19,21). The molecule has 0 saturated heterocycles. The van der Waals surface area contributed by atoms with Crippen LogP contribution < -0.4 is 11.2 Å². The zero-order valence-corrected chi connectivity index (χ0v) is 14.7. The third kappa shape index (κ3) is 5.96. The highest BCUT2D eigenvalue weighted by atomic mass is 16.6. The summed E-state index contributed by atoms with van der Waals surface area (Å²) < 4.78 is 4.63. The van der Waals surface area contributed by atoms with Crippen LogP contribution in [0.25, 0.3) is 0 Å². The Morgan fingerprint density at radius 3 is 2.54 bits per heavy atom. The van der Waals surface area contributed by atoms with E-state index in [4.69, 9.17) is 10.6 Å². The molecule has 0 spiro atoms. The lowest BCUT2D eigenvalue weighted by atomic mass is 9.85. The molecule has 1 heterocycles. The lowest BCUT2D eigenvalue weighted by Gasteiger charge is -2.20. The number of methoxy groups -OCH3 is 1. The Morgan fingerprint density at radius 1 is 1.33 bits per heavy atom. The van der Waals surface area contributed by atoms with Crippen molar-refractivity contribution >= 4 is 23.4 Å². The van der Waals surface area contributed by atoms with E-state index in [1.807, 2.05) is 0 Å². The number of aromatic nitrogens is 1. The fourth-order valence-corrected chi connectivity index (χ4v) is 2.18. The zero-order chi connectivity index (χ0) is 18.3. The summed E-state index contributed by atoms with van der Waals surface area (Å²) in [5.74, 6) is -0.750. The minimum absolute atomic E-state index is 0.0373. The van der Waals surface area contributed by atoms with Crippen molar-refractivity contribution < 1.29 is 19.2 Å². The van der Waals surface area contributed by atoms with Crippen molar-refractivity contribution in [2.45, 2.75) is 33.6 Å². The predicted octanol–water partition coefficient (Wildman–Crippen LogP) is 1.57. The first-order chi connectivity index (χ1) is 11.2. The normalized spacial score (nSPS) is 12.0. The molecule has 0 fully saturated rings. The van der Waals surface area contributed by atoms with E-state index in [2.05, 4.69) is 20.2 Å². The maximum absolute atomic E-state index is 12.1. The number of aryl methyl sites for hydroxylation is 1. The molecule has 0 aliphatic carbocycles. The first-order valence-electron chi connectivity index (χ1n) is 7.38. The second-order valence-electron chi connectivity index (χ2n) is 6.18. The molecule has 0 bridgehead atoms. The molecular weight excluding hydrogens is 312 g/mol. The van der Waals surface area contributed by atoms with Crippen LogP contribution in [0.2, 0.25) is 0 Å². The Hall–Kier alpha value is -2.48. The van der Waals surface area contributed by atoms with Gasteiger partial charge in [0.05, 0.1) is 32.5 Å². The SMILES string of the molecule is CONc1cnc(C(N)=NC(=O)CC(C)(C)CC(=O)OC)c(C)c1. The van der Waals surface area contributed by atoms with Crippen LogP contribution in [-0.4, -0.2) is 36.9 Å². The van der Waals surface area contributed by atoms with Crippen molar-refractivity contribution in [3.63, 3.8) is 0 Å². The van der Waals surface area contributed by atoms with E-state index >= 15 is 0 Å². The number of esters is 1. The van der Waals surface area contributed by atoms with Crippen LogP contribution in [0.4, 0.5) is 5.69 Å². The molecular formula is C16H24N4O4. The maximum Gasteiger partial charge on any atom is 0.306 e. The Balaban J connectivity index is 2.85. The highest BCUT2D eigenvalue weighted by molar-refractivity contribution is 6.03. The van der Waals surface area contributed by atoms with Gasteiger partial charge in [-0.25, -0.2) is 0 Å². The molecule has 132 valence electrons. The number of nitrogens with two attached hydrogens (primary N) is 1. The number of pyridine rings is 1. The van der Waals surface area contributed by atoms with Crippen LogP contribution in [0.1, 0.15) is 37.9 Å². The molecule has 3 N–H and O–H groups in total. The minimum atomic E-state index is -0.567. The van der Waals surface area contributed by atoms with Crippen LogP contribution in [-0.2, 0) is 19.2 Å². The number of rotatable bonds is 7. The maximum atomic E-state index is 12.1. The third-order valence-electron chi connectivity index (χ3n) is 3.27. The molecule has 24 heavy (non-hydrogen) atoms. The van der Waals surface area contributed by atoms with Gasteiger partial charge in [0, 0.05) is 6.42 Å². The molecule has 0 unspecified atom stereocenters. The number of hydrogen-bond acceptors (Lipinski definition) is 6. The first kappa shape index (κ1) is 19.6. The minimum Gasteiger partial charge on any atom is -0.469 e. The number of anilines is 1. The topological polar surface area (TPSA) is 116 Å². The fourth-order valence-electron chi connectivity index (χ4n) is 2.18. The van der Waals surface area contributed by atoms with Crippen LogP contribution in [0.5, 0.6) is 0 Å². The van der Waals surface area contributed by atoms with E-state index in [1.165, 1.54) is 20.4 Å². The number of aliphatic imine (C=N–C) groups is 1. The molecule has 1 aromatic heterocycles. The summed E-state index contributed by atoms with van der Waals surface area (Å²) in [5, 5.41) is 0. The summed E-state index contributed by atoms with van der Waals surface area (Å²) in [6, 6.07) is 1.78. The number of nitrogens with one attached hydrogen (secondary N) is 1. The first-order valence-corrected chi connectivity index (χ1v) is 7.38. The van der Waals surface area contributed by atoms with E-state index in [1.54, 1.807) is 26.8 Å². The van der Waals surface area contributed by atoms with Gasteiger partial charge < -0.3 is 10.5 Å². The second kappa shape index (κ2) is 8.39. The van der Waals surface area contributed by atoms with Crippen LogP contribution in [0, 0.1) is 12.3 Å². The van der Waals surface area contributed by atoms with Crippen molar-refractivity contribution in [1.29, 1.82) is 0 Å². The monoisotopic (exact) mass is 336 g/mol. The van der Waals surface area contributed by atoms with Gasteiger partial charge >= 0.3 is 5.97 Å². The van der Waals surface area contributed by atoms with Gasteiger partial charge in [-0.1, -0.05) is 13.8 Å². The largest absolute Gasteiger partial charge is 0.469 e. The predicted molar refractivity (Wildman–Crippen MR) is 90.4 cm³/mol. The third-order valence-corrected chi connectivity index (χ3v) is 3.27. The summed E-state index contributed by atoms with van der Waals surface area (Å²) in [6.07, 6.45) is 1.73. The van der Waals surface area contributed by atoms with Gasteiger partial charge in [-0.2, -0.15) is 4.99 Å². The van der Waals surface area contributed by atoms with Crippen molar-refractivity contribution in [2.75, 3.05) is 19.7 Å². The van der Waals surface area contributed by atoms with Crippen LogP contribution in [0.3, 0.4) is 0 Å². The lowest BCUT2D eigenvalue weighted by molar-refractivity contribution is -0.143. The van der Waals surface area contributed by atoms with Crippen LogP contribution >= 0.6 is 0 Å². The molecule has 0 aromatic carbocycles. The molecule has 0 aliphatic rings. The van der Waals surface area contributed by atoms with Gasteiger partial charge in [-0.05, 0) is 24.0 Å². The van der Waals surface area contributed by atoms with Crippen molar-refractivity contribution in [3.05, 3.63) is 23.5 Å². The fraction of sp³-hybridized carbons (Fsp3) is 0.500. The highest BCUT2D eigenvalue weighted by Crippen LogP contribution is 2.26. The van der Waals surface area contributed by atoms with Crippen LogP contribution in [0.15, 0.2) is 17.3 Å². The molecule has 1 aromatic rings. The molecule has 1 amide bonds. The summed E-state index contributed by atoms with van der Waals surface area (Å²) in [6.45, 7) is 5.39. The van der Waals surface area contributed by atoms with E-state index in [-0.39, 0.29) is 24.6 Å². The smallest absolute Gasteiger partial charge is 0.306 e. The molecule has 0 aliphatic heterocycles. The summed E-state index contributed by atoms with van der Waals surface area (Å²) in [4.78, 5) is 36.4. The van der Waals surface area contributed by atoms with Crippen molar-refractivity contribution in [1.82, 2.24) is 4.98 Å². The Bertz CT molecular complexity index is 641. The molecule has 8 nitrogen and oxygen atoms in total. The highest BCUT2D eigenvalue weighted by Gasteiger charge is 2.26. The number of amides is 1. The number of carbonyl (C=O) groups excluding carboxylic acids is 2. The molecule has 0 atom stereocenters. The van der Waals surface area contributed by atoms with E-state index in [0.717, 1.165) is 5.56 Å². The van der Waals surface area contributed by atoms with Gasteiger partial charge in [0.15, 0.2) is 5.84 Å². The Morgan fingerprint density at radius 2 is 2.00 bits per heavy atom. The average Bonchev–Trinajstić information content (AvgIpc) is 2.45. The Labute approximate surface area is 141 Å². The molecule has 1 rings (SSSR count). The van der Waals surface area contributed by atoms with Gasteiger partial charge in [0.25, 0.3) is 0 Å². The van der Waals surface area contributed by atoms with Gasteiger partial charge in [0.1, 0.15) is 5.69 Å². The number of carbonyl (C=O) groups is 2. The molecule has 0 saturated carbocycles. The molecule has 8 heteroatoms. The second-order valence-corrected chi connectivity index (χ2v) is 6.18. The molecule has 0 radical (unpaired) electrons. The quantitative estimate of drug-likeness (QED) is 0.336. The number of hydrogen-bond donors (Lipinski definition) is 2. The van der Waals surface area contributed by atoms with Gasteiger partial charge in [-0.3, -0.25) is 24.9 Å². The number of ether oxygens (including phenoxy) is 1. The van der Waals surface area contributed by atoms with E-state index in [0.29, 0.717) is 11.4 Å². The zero-order valence-electron chi connectivity index (χ0n) is 14.7. The van der Waals surface area contributed by atoms with E-state index < -0.39 is 11.3 Å². The number of amidine groups is 1. The summed E-state index contributed by atoms with van der Waals surface area (Å²) in [5.41, 5.74) is 9.82. The Kier molecular flexibility index (Phi) is 6.84. The van der Waals surface area contributed by atoms with Gasteiger partial charge in [0.2, 0.25) is 5.91 Å². The van der Waals surface area contributed by atoms with Crippen molar-refractivity contribution in [3.8, 4) is 0 Å². The van der Waals surface area contributed by atoms with Gasteiger partial charge in [-0.15, -0.1) is 0 Å². The number of nitrogens with zero attached hydrogens (tertiary/aromatic N) is 2. The van der Waals surface area contributed by atoms with E-state index in [9.17, 15) is 9.59 Å². The lowest BCUT2D eigenvalue weighted by Crippen LogP contribution is -2.24. The van der Waals surface area contributed by atoms with Crippen molar-refractivity contribution in [2.24, 2.45) is 16.1 Å². The summed E-state index contributed by atoms with van der Waals surface area (Å²) >= 11 is 0. The average molecular weight is 336 g/mol. The summed E-state index contributed by atoms with van der Waals surface area (Å²) in [7, 11) is 2.81.